The van der Waals surface area contributed by atoms with Crippen LogP contribution in [0, 0.1) is 0 Å². The zero-order chi connectivity index (χ0) is 14.0. The van der Waals surface area contributed by atoms with Gasteiger partial charge in [-0.15, -0.1) is 0 Å². The summed E-state index contributed by atoms with van der Waals surface area (Å²) in [5.74, 6) is -0.149. The minimum absolute atomic E-state index is 0.149. The standard InChI is InChI=1S/C14H30N2O2/c1-6-10-15-13(14(17)18-5)9-11-16(8-3)12(4)7-2/h12-13,15H,6-11H2,1-5H3. The average Bonchev–Trinajstić information content (AvgIpc) is 2.41. The van der Waals surface area contributed by atoms with Crippen LogP contribution in [-0.4, -0.2) is 49.7 Å². The predicted octanol–water partition coefficient (Wildman–Crippen LogP) is 2.04. The van der Waals surface area contributed by atoms with Crippen LogP contribution in [0.25, 0.3) is 0 Å². The summed E-state index contributed by atoms with van der Waals surface area (Å²) in [6, 6.07) is 0.396. The van der Waals surface area contributed by atoms with E-state index in [0.717, 1.165) is 38.9 Å². The van der Waals surface area contributed by atoms with Crippen LogP contribution in [-0.2, 0) is 9.53 Å². The maximum atomic E-state index is 11.7. The van der Waals surface area contributed by atoms with Crippen LogP contribution < -0.4 is 5.32 Å². The van der Waals surface area contributed by atoms with E-state index in [2.05, 4.69) is 37.9 Å². The van der Waals surface area contributed by atoms with Gasteiger partial charge >= 0.3 is 5.97 Å². The van der Waals surface area contributed by atoms with E-state index in [4.69, 9.17) is 4.74 Å². The van der Waals surface area contributed by atoms with Gasteiger partial charge < -0.3 is 15.0 Å². The molecule has 18 heavy (non-hydrogen) atoms. The molecule has 0 saturated carbocycles. The van der Waals surface area contributed by atoms with Gasteiger partial charge in [-0.2, -0.15) is 0 Å². The van der Waals surface area contributed by atoms with Gasteiger partial charge in [0.05, 0.1) is 7.11 Å². The smallest absolute Gasteiger partial charge is 0.322 e. The van der Waals surface area contributed by atoms with Crippen molar-refractivity contribution in [3.05, 3.63) is 0 Å². The first kappa shape index (κ1) is 17.4. The molecule has 0 rings (SSSR count). The van der Waals surface area contributed by atoms with E-state index in [9.17, 15) is 4.79 Å². The molecule has 4 heteroatoms. The topological polar surface area (TPSA) is 41.6 Å². The van der Waals surface area contributed by atoms with Crippen molar-refractivity contribution in [1.29, 1.82) is 0 Å². The van der Waals surface area contributed by atoms with Crippen LogP contribution in [0.3, 0.4) is 0 Å². The van der Waals surface area contributed by atoms with Crippen molar-refractivity contribution < 1.29 is 9.53 Å². The van der Waals surface area contributed by atoms with E-state index in [1.807, 2.05) is 0 Å². The van der Waals surface area contributed by atoms with Gasteiger partial charge in [0.2, 0.25) is 0 Å². The second-order valence-electron chi connectivity index (χ2n) is 4.70. The third-order valence-electron chi connectivity index (χ3n) is 3.45. The van der Waals surface area contributed by atoms with E-state index in [-0.39, 0.29) is 12.0 Å². The van der Waals surface area contributed by atoms with E-state index >= 15 is 0 Å². The van der Waals surface area contributed by atoms with Crippen LogP contribution in [0.2, 0.25) is 0 Å². The summed E-state index contributed by atoms with van der Waals surface area (Å²) < 4.78 is 4.84. The maximum absolute atomic E-state index is 11.7. The van der Waals surface area contributed by atoms with Crippen LogP contribution in [0.15, 0.2) is 0 Å². The van der Waals surface area contributed by atoms with E-state index < -0.39 is 0 Å². The molecular weight excluding hydrogens is 228 g/mol. The first-order valence-corrected chi connectivity index (χ1v) is 7.15. The summed E-state index contributed by atoms with van der Waals surface area (Å²) in [5, 5.41) is 3.26. The highest BCUT2D eigenvalue weighted by Gasteiger charge is 2.20. The Morgan fingerprint density at radius 1 is 1.33 bits per heavy atom. The van der Waals surface area contributed by atoms with Crippen molar-refractivity contribution >= 4 is 5.97 Å². The Hall–Kier alpha value is -0.610. The van der Waals surface area contributed by atoms with E-state index in [0.29, 0.717) is 6.04 Å². The molecule has 2 atom stereocenters. The molecule has 0 amide bonds. The molecule has 0 saturated heterocycles. The van der Waals surface area contributed by atoms with Crippen LogP contribution >= 0.6 is 0 Å². The van der Waals surface area contributed by atoms with Crippen molar-refractivity contribution in [2.45, 2.75) is 59.0 Å². The average molecular weight is 258 g/mol. The molecule has 1 N–H and O–H groups in total. The fraction of sp³-hybridized carbons (Fsp3) is 0.929. The molecule has 0 fully saturated rings. The molecule has 0 bridgehead atoms. The lowest BCUT2D eigenvalue weighted by molar-refractivity contribution is -0.143. The molecule has 2 unspecified atom stereocenters. The number of nitrogens with one attached hydrogen (secondary N) is 1. The third kappa shape index (κ3) is 6.36. The fourth-order valence-electron chi connectivity index (χ4n) is 2.01. The first-order chi connectivity index (χ1) is 8.60. The van der Waals surface area contributed by atoms with E-state index in [1.54, 1.807) is 0 Å². The van der Waals surface area contributed by atoms with Gasteiger partial charge in [0, 0.05) is 12.6 Å². The van der Waals surface area contributed by atoms with E-state index in [1.165, 1.54) is 7.11 Å². The molecule has 0 spiro atoms. The summed E-state index contributed by atoms with van der Waals surface area (Å²) in [4.78, 5) is 14.1. The summed E-state index contributed by atoms with van der Waals surface area (Å²) in [6.45, 7) is 11.5. The Bertz CT molecular complexity index is 222. The van der Waals surface area contributed by atoms with Crippen LogP contribution in [0.1, 0.15) is 47.0 Å². The van der Waals surface area contributed by atoms with Gasteiger partial charge in [-0.05, 0) is 39.3 Å². The van der Waals surface area contributed by atoms with Gasteiger partial charge in [0.15, 0.2) is 0 Å². The number of ether oxygens (including phenoxy) is 1. The molecule has 0 aromatic carbocycles. The molecule has 0 aliphatic rings. The number of rotatable bonds is 10. The molecule has 0 aliphatic carbocycles. The van der Waals surface area contributed by atoms with Gasteiger partial charge in [0.1, 0.15) is 6.04 Å². The van der Waals surface area contributed by atoms with Crippen LogP contribution in [0.5, 0.6) is 0 Å². The number of hydrogen-bond donors (Lipinski definition) is 1. The SMILES string of the molecule is CCCNC(CCN(CC)C(C)CC)C(=O)OC. The van der Waals surface area contributed by atoms with Gasteiger partial charge in [-0.3, -0.25) is 4.79 Å². The summed E-state index contributed by atoms with van der Waals surface area (Å²) >= 11 is 0. The Morgan fingerprint density at radius 2 is 2.00 bits per heavy atom. The second-order valence-corrected chi connectivity index (χ2v) is 4.70. The monoisotopic (exact) mass is 258 g/mol. The summed E-state index contributed by atoms with van der Waals surface area (Å²) in [7, 11) is 1.45. The van der Waals surface area contributed by atoms with Gasteiger partial charge in [0.25, 0.3) is 0 Å². The fourth-order valence-corrected chi connectivity index (χ4v) is 2.01. The zero-order valence-electron chi connectivity index (χ0n) is 12.7. The Labute approximate surface area is 112 Å². The number of methoxy groups -OCH3 is 1. The largest absolute Gasteiger partial charge is 0.468 e. The molecule has 0 radical (unpaired) electrons. The number of carbonyl (C=O) groups is 1. The predicted molar refractivity (Wildman–Crippen MR) is 75.7 cm³/mol. The summed E-state index contributed by atoms with van der Waals surface area (Å²) in [6.07, 6.45) is 2.97. The normalized spacial score (nSPS) is 14.6. The van der Waals surface area contributed by atoms with Crippen molar-refractivity contribution in [3.63, 3.8) is 0 Å². The minimum atomic E-state index is -0.173. The zero-order valence-corrected chi connectivity index (χ0v) is 12.7. The highest BCUT2D eigenvalue weighted by Crippen LogP contribution is 2.06. The molecule has 0 aliphatic heterocycles. The molecule has 0 aromatic heterocycles. The van der Waals surface area contributed by atoms with Crippen molar-refractivity contribution in [3.8, 4) is 0 Å². The molecular formula is C14H30N2O2. The second kappa shape index (κ2) is 10.3. The lowest BCUT2D eigenvalue weighted by atomic mass is 10.1. The number of nitrogens with zero attached hydrogens (tertiary/aromatic N) is 1. The van der Waals surface area contributed by atoms with Crippen LogP contribution in [0.4, 0.5) is 0 Å². The highest BCUT2D eigenvalue weighted by molar-refractivity contribution is 5.75. The number of carbonyl (C=O) groups excluding carboxylic acids is 1. The Balaban J connectivity index is 4.26. The van der Waals surface area contributed by atoms with Gasteiger partial charge in [-0.25, -0.2) is 0 Å². The molecule has 0 heterocycles. The van der Waals surface area contributed by atoms with Gasteiger partial charge in [-0.1, -0.05) is 20.8 Å². The Kier molecular flexibility index (Phi) is 9.98. The summed E-state index contributed by atoms with van der Waals surface area (Å²) in [5.41, 5.74) is 0. The molecule has 108 valence electrons. The first-order valence-electron chi connectivity index (χ1n) is 7.15. The quantitative estimate of drug-likeness (QED) is 0.609. The Morgan fingerprint density at radius 3 is 2.44 bits per heavy atom. The lowest BCUT2D eigenvalue weighted by Gasteiger charge is -2.28. The number of hydrogen-bond acceptors (Lipinski definition) is 4. The van der Waals surface area contributed by atoms with Crippen molar-refractivity contribution in [2.75, 3.05) is 26.7 Å². The molecule has 0 aromatic rings. The van der Waals surface area contributed by atoms with Crippen molar-refractivity contribution in [2.24, 2.45) is 0 Å². The highest BCUT2D eigenvalue weighted by atomic mass is 16.5. The maximum Gasteiger partial charge on any atom is 0.322 e. The third-order valence-corrected chi connectivity index (χ3v) is 3.45. The number of esters is 1. The molecule has 4 nitrogen and oxygen atoms in total. The van der Waals surface area contributed by atoms with Crippen molar-refractivity contribution in [1.82, 2.24) is 10.2 Å². The lowest BCUT2D eigenvalue weighted by Crippen LogP contribution is -2.42. The minimum Gasteiger partial charge on any atom is -0.468 e.